The van der Waals surface area contributed by atoms with E-state index in [0.29, 0.717) is 12.0 Å². The molecule has 7 rings (SSSR count). The predicted molar refractivity (Wildman–Crippen MR) is 163 cm³/mol. The molecule has 218 valence electrons. The number of nitrogens with one attached hydrogen (secondary N) is 2. The Labute approximate surface area is 247 Å². The summed E-state index contributed by atoms with van der Waals surface area (Å²) in [5.74, 6) is 0.00781. The SMILES string of the molecule is O=C1CCC(N2C(=O)c3cccc4c(Cc5ccc(CN6CCN(CC7CCNCC7)CC6)cc5)ccc2c34)C(=O)N1. The van der Waals surface area contributed by atoms with Gasteiger partial charge in [-0.05, 0) is 78.9 Å². The van der Waals surface area contributed by atoms with Crippen molar-refractivity contribution in [2.24, 2.45) is 5.92 Å². The molecule has 1 atom stereocenters. The summed E-state index contributed by atoms with van der Waals surface area (Å²) in [5, 5.41) is 7.82. The molecule has 0 aromatic heterocycles. The number of carbonyl (C=O) groups excluding carboxylic acids is 3. The van der Waals surface area contributed by atoms with Crippen LogP contribution in [-0.2, 0) is 22.6 Å². The highest BCUT2D eigenvalue weighted by molar-refractivity contribution is 6.27. The van der Waals surface area contributed by atoms with E-state index in [1.807, 2.05) is 18.2 Å². The van der Waals surface area contributed by atoms with E-state index in [2.05, 4.69) is 56.8 Å². The van der Waals surface area contributed by atoms with Gasteiger partial charge in [0, 0.05) is 56.6 Å². The van der Waals surface area contributed by atoms with Gasteiger partial charge in [-0.2, -0.15) is 0 Å². The van der Waals surface area contributed by atoms with Crippen LogP contribution in [0.3, 0.4) is 0 Å². The number of imide groups is 1. The van der Waals surface area contributed by atoms with Gasteiger partial charge in [0.15, 0.2) is 0 Å². The summed E-state index contributed by atoms with van der Waals surface area (Å²) in [6, 6.07) is 18.2. The van der Waals surface area contributed by atoms with Crippen LogP contribution >= 0.6 is 0 Å². The minimum absolute atomic E-state index is 0.168. The zero-order chi connectivity index (χ0) is 28.6. The van der Waals surface area contributed by atoms with Crippen molar-refractivity contribution in [1.82, 2.24) is 20.4 Å². The average Bonchev–Trinajstić information content (AvgIpc) is 3.29. The molecule has 8 nitrogen and oxygen atoms in total. The van der Waals surface area contributed by atoms with E-state index in [-0.39, 0.29) is 18.2 Å². The summed E-state index contributed by atoms with van der Waals surface area (Å²) in [5.41, 5.74) is 5.12. The van der Waals surface area contributed by atoms with Crippen LogP contribution in [0.2, 0.25) is 0 Å². The van der Waals surface area contributed by atoms with Gasteiger partial charge in [-0.15, -0.1) is 0 Å². The number of amides is 3. The van der Waals surface area contributed by atoms with Gasteiger partial charge in [0.1, 0.15) is 6.04 Å². The predicted octanol–water partition coefficient (Wildman–Crippen LogP) is 3.31. The number of hydrogen-bond donors (Lipinski definition) is 2. The Kier molecular flexibility index (Phi) is 7.52. The second-order valence-electron chi connectivity index (χ2n) is 12.4. The van der Waals surface area contributed by atoms with Crippen LogP contribution in [0.15, 0.2) is 54.6 Å². The third-order valence-electron chi connectivity index (χ3n) is 9.60. The highest BCUT2D eigenvalue weighted by atomic mass is 16.2. The van der Waals surface area contributed by atoms with Crippen LogP contribution < -0.4 is 15.5 Å². The Morgan fingerprint density at radius 3 is 2.29 bits per heavy atom. The maximum atomic E-state index is 13.4. The second kappa shape index (κ2) is 11.6. The zero-order valence-corrected chi connectivity index (χ0v) is 24.1. The molecule has 0 radical (unpaired) electrons. The lowest BCUT2D eigenvalue weighted by Gasteiger charge is -2.37. The van der Waals surface area contributed by atoms with Crippen molar-refractivity contribution < 1.29 is 14.4 Å². The zero-order valence-electron chi connectivity index (χ0n) is 24.1. The van der Waals surface area contributed by atoms with Crippen molar-refractivity contribution in [2.45, 2.75) is 44.7 Å². The molecule has 2 N–H and O–H groups in total. The number of carbonyl (C=O) groups is 3. The van der Waals surface area contributed by atoms with Crippen LogP contribution in [0.5, 0.6) is 0 Å². The van der Waals surface area contributed by atoms with E-state index in [1.54, 1.807) is 4.90 Å². The van der Waals surface area contributed by atoms with Crippen LogP contribution in [0.4, 0.5) is 5.69 Å². The van der Waals surface area contributed by atoms with Crippen molar-refractivity contribution in [3.8, 4) is 0 Å². The molecule has 0 aliphatic carbocycles. The van der Waals surface area contributed by atoms with Crippen molar-refractivity contribution in [3.05, 3.63) is 76.9 Å². The summed E-state index contributed by atoms with van der Waals surface area (Å²) in [4.78, 5) is 44.6. The number of piperidine rings is 2. The van der Waals surface area contributed by atoms with Gasteiger partial charge in [0.25, 0.3) is 5.91 Å². The normalized spacial score (nSPS) is 22.2. The molecule has 0 bridgehead atoms. The smallest absolute Gasteiger partial charge is 0.259 e. The summed E-state index contributed by atoms with van der Waals surface area (Å²) < 4.78 is 0. The van der Waals surface area contributed by atoms with Crippen molar-refractivity contribution in [1.29, 1.82) is 0 Å². The van der Waals surface area contributed by atoms with Crippen molar-refractivity contribution in [2.75, 3.05) is 50.7 Å². The maximum Gasteiger partial charge on any atom is 0.259 e. The summed E-state index contributed by atoms with van der Waals surface area (Å²) in [7, 11) is 0. The van der Waals surface area contributed by atoms with Crippen LogP contribution in [-0.4, -0.2) is 79.4 Å². The maximum absolute atomic E-state index is 13.4. The van der Waals surface area contributed by atoms with Gasteiger partial charge >= 0.3 is 0 Å². The number of benzene rings is 3. The molecule has 3 aromatic carbocycles. The molecule has 4 aliphatic heterocycles. The molecule has 3 fully saturated rings. The van der Waals surface area contributed by atoms with Gasteiger partial charge < -0.3 is 10.2 Å². The Morgan fingerprint density at radius 1 is 0.786 bits per heavy atom. The fourth-order valence-electron chi connectivity index (χ4n) is 7.26. The average molecular weight is 566 g/mol. The first kappa shape index (κ1) is 27.3. The van der Waals surface area contributed by atoms with Crippen molar-refractivity contribution >= 4 is 34.2 Å². The minimum Gasteiger partial charge on any atom is -0.317 e. The third kappa shape index (κ3) is 5.35. The highest BCUT2D eigenvalue weighted by Gasteiger charge is 2.40. The standard InChI is InChI=1S/C34H39N5O3/c40-31-11-10-30(33(41)36-31)39-29-9-8-26(27-2-1-3-28(32(27)29)34(39)42)20-23-4-6-24(7-5-23)21-37-16-18-38(19-17-37)22-25-12-14-35-15-13-25/h1-9,25,30,35H,10-22H2,(H,36,40,41). The van der Waals surface area contributed by atoms with Gasteiger partial charge in [-0.3, -0.25) is 29.5 Å². The van der Waals surface area contributed by atoms with E-state index >= 15 is 0 Å². The monoisotopic (exact) mass is 565 g/mol. The van der Waals surface area contributed by atoms with Gasteiger partial charge in [-0.1, -0.05) is 42.5 Å². The number of nitrogens with zero attached hydrogens (tertiary/aromatic N) is 3. The lowest BCUT2D eigenvalue weighted by atomic mass is 9.95. The first-order valence-corrected chi connectivity index (χ1v) is 15.5. The molecule has 3 aromatic rings. The molecule has 0 spiro atoms. The second-order valence-corrected chi connectivity index (χ2v) is 12.4. The first-order chi connectivity index (χ1) is 20.5. The summed E-state index contributed by atoms with van der Waals surface area (Å²) in [6.07, 6.45) is 3.97. The molecule has 3 amide bonds. The number of hydrogen-bond acceptors (Lipinski definition) is 6. The first-order valence-electron chi connectivity index (χ1n) is 15.5. The third-order valence-corrected chi connectivity index (χ3v) is 9.60. The number of anilines is 1. The summed E-state index contributed by atoms with van der Waals surface area (Å²) in [6.45, 7) is 9.17. The van der Waals surface area contributed by atoms with E-state index < -0.39 is 11.9 Å². The van der Waals surface area contributed by atoms with E-state index in [9.17, 15) is 14.4 Å². The Balaban J connectivity index is 1.01. The minimum atomic E-state index is -0.665. The molecule has 3 saturated heterocycles. The quantitative estimate of drug-likeness (QED) is 0.428. The molecule has 0 saturated carbocycles. The molecule has 42 heavy (non-hydrogen) atoms. The largest absolute Gasteiger partial charge is 0.317 e. The van der Waals surface area contributed by atoms with Crippen LogP contribution in [0.1, 0.15) is 52.7 Å². The Morgan fingerprint density at radius 2 is 1.52 bits per heavy atom. The van der Waals surface area contributed by atoms with Crippen molar-refractivity contribution in [3.63, 3.8) is 0 Å². The molecular formula is C34H39N5O3. The van der Waals surface area contributed by atoms with Gasteiger partial charge in [0.05, 0.1) is 5.69 Å². The fraction of sp³-hybridized carbons (Fsp3) is 0.441. The lowest BCUT2D eigenvalue weighted by molar-refractivity contribution is -0.134. The Hall–Kier alpha value is -3.59. The van der Waals surface area contributed by atoms with E-state index in [4.69, 9.17) is 0 Å². The molecule has 4 aliphatic rings. The molecular weight excluding hydrogens is 526 g/mol. The molecule has 8 heteroatoms. The highest BCUT2D eigenvalue weighted by Crippen LogP contribution is 2.41. The van der Waals surface area contributed by atoms with E-state index in [0.717, 1.165) is 67.1 Å². The number of piperazine rings is 1. The molecule has 4 heterocycles. The molecule has 1 unspecified atom stereocenters. The summed E-state index contributed by atoms with van der Waals surface area (Å²) >= 11 is 0. The fourth-order valence-corrected chi connectivity index (χ4v) is 7.26. The lowest BCUT2D eigenvalue weighted by Crippen LogP contribution is -2.53. The van der Waals surface area contributed by atoms with E-state index in [1.165, 1.54) is 43.6 Å². The van der Waals surface area contributed by atoms with Crippen LogP contribution in [0, 0.1) is 5.92 Å². The number of rotatable bonds is 7. The van der Waals surface area contributed by atoms with Gasteiger partial charge in [0.2, 0.25) is 11.8 Å². The van der Waals surface area contributed by atoms with Gasteiger partial charge in [-0.25, -0.2) is 0 Å². The van der Waals surface area contributed by atoms with Crippen LogP contribution in [0.25, 0.3) is 10.8 Å². The topological polar surface area (TPSA) is 85.0 Å². The Bertz CT molecular complexity index is 1510.